The van der Waals surface area contributed by atoms with E-state index in [9.17, 15) is 19.5 Å². The van der Waals surface area contributed by atoms with Crippen LogP contribution in [-0.4, -0.2) is 52.6 Å². The van der Waals surface area contributed by atoms with Gasteiger partial charge in [-0.25, -0.2) is 4.79 Å². The van der Waals surface area contributed by atoms with Crippen molar-refractivity contribution in [3.8, 4) is 5.75 Å². The lowest BCUT2D eigenvalue weighted by atomic mass is 9.97. The molecule has 0 fully saturated rings. The number of aryl methyl sites for hydroxylation is 1. The van der Waals surface area contributed by atoms with Crippen molar-refractivity contribution in [1.82, 2.24) is 15.5 Å². The van der Waals surface area contributed by atoms with Crippen molar-refractivity contribution < 1.29 is 24.2 Å². The van der Waals surface area contributed by atoms with Gasteiger partial charge in [-0.1, -0.05) is 72.3 Å². The van der Waals surface area contributed by atoms with Crippen LogP contribution < -0.4 is 10.6 Å². The first-order valence-electron chi connectivity index (χ1n) is 14.7. The van der Waals surface area contributed by atoms with Gasteiger partial charge < -0.3 is 25.4 Å². The van der Waals surface area contributed by atoms with Crippen molar-refractivity contribution in [1.29, 1.82) is 0 Å². The summed E-state index contributed by atoms with van der Waals surface area (Å²) >= 11 is 0. The lowest BCUT2D eigenvalue weighted by Crippen LogP contribution is -2.55. The number of unbranched alkanes of at least 4 members (excludes halogenated alkanes) is 6. The predicted molar refractivity (Wildman–Crippen MR) is 157 cm³/mol. The summed E-state index contributed by atoms with van der Waals surface area (Å²) in [5.41, 5.74) is 0.539. The van der Waals surface area contributed by atoms with Crippen LogP contribution in [0.2, 0.25) is 0 Å². The number of alkyl carbamates (subject to hydrolysis) is 1. The van der Waals surface area contributed by atoms with E-state index in [0.29, 0.717) is 24.2 Å². The van der Waals surface area contributed by atoms with Gasteiger partial charge in [0.1, 0.15) is 23.4 Å². The minimum absolute atomic E-state index is 0.130. The number of benzene rings is 1. The van der Waals surface area contributed by atoms with Crippen LogP contribution in [0.15, 0.2) is 18.2 Å². The second-order valence-corrected chi connectivity index (χ2v) is 11.8. The Morgan fingerprint density at radius 1 is 0.974 bits per heavy atom. The Morgan fingerprint density at radius 3 is 2.15 bits per heavy atom. The first kappa shape index (κ1) is 34.3. The predicted octanol–water partition coefficient (Wildman–Crippen LogP) is 6.40. The van der Waals surface area contributed by atoms with Crippen LogP contribution in [0, 0.1) is 12.8 Å². The third kappa shape index (κ3) is 12.3. The van der Waals surface area contributed by atoms with Gasteiger partial charge in [-0.15, -0.1) is 0 Å². The highest BCUT2D eigenvalue weighted by Gasteiger charge is 2.37. The largest absolute Gasteiger partial charge is 0.508 e. The van der Waals surface area contributed by atoms with Gasteiger partial charge in [0.2, 0.25) is 11.8 Å². The minimum atomic E-state index is -0.897. The topological polar surface area (TPSA) is 108 Å². The molecule has 2 atom stereocenters. The Balaban J connectivity index is 3.44. The number of rotatable bonds is 16. The van der Waals surface area contributed by atoms with E-state index in [1.807, 2.05) is 13.8 Å². The van der Waals surface area contributed by atoms with Crippen LogP contribution in [0.5, 0.6) is 5.75 Å². The molecule has 0 radical (unpaired) electrons. The molecular formula is C31H53N3O5. The molecule has 0 bridgehead atoms. The minimum Gasteiger partial charge on any atom is -0.508 e. The van der Waals surface area contributed by atoms with Gasteiger partial charge in [-0.05, 0) is 69.7 Å². The summed E-state index contributed by atoms with van der Waals surface area (Å²) in [5.74, 6) is -0.698. The lowest BCUT2D eigenvalue weighted by molar-refractivity contribution is -0.143. The maximum Gasteiger partial charge on any atom is 0.408 e. The number of amides is 3. The maximum atomic E-state index is 14.2. The fraction of sp³-hybridized carbons (Fsp3) is 0.710. The summed E-state index contributed by atoms with van der Waals surface area (Å²) < 4.78 is 5.44. The van der Waals surface area contributed by atoms with Crippen molar-refractivity contribution in [3.63, 3.8) is 0 Å². The van der Waals surface area contributed by atoms with Gasteiger partial charge in [-0.3, -0.25) is 9.59 Å². The van der Waals surface area contributed by atoms with Crippen LogP contribution in [-0.2, 0) is 14.3 Å². The summed E-state index contributed by atoms with van der Waals surface area (Å²) in [6.07, 6.45) is 7.15. The third-order valence-corrected chi connectivity index (χ3v) is 6.57. The summed E-state index contributed by atoms with van der Waals surface area (Å²) in [7, 11) is 0. The summed E-state index contributed by atoms with van der Waals surface area (Å²) in [6, 6.07) is 3.25. The zero-order chi connectivity index (χ0) is 29.6. The van der Waals surface area contributed by atoms with Gasteiger partial charge in [-0.2, -0.15) is 0 Å². The number of phenols is 1. The van der Waals surface area contributed by atoms with Gasteiger partial charge in [0.25, 0.3) is 0 Å². The second-order valence-electron chi connectivity index (χ2n) is 11.8. The van der Waals surface area contributed by atoms with E-state index < -0.39 is 23.8 Å². The number of ether oxygens (including phenoxy) is 1. The van der Waals surface area contributed by atoms with Crippen LogP contribution in [0.25, 0.3) is 0 Å². The average Bonchev–Trinajstić information content (AvgIpc) is 2.84. The number of phenolic OH excluding ortho intramolecular Hbond substituents is 1. The molecule has 1 rings (SSSR count). The van der Waals surface area contributed by atoms with E-state index in [-0.39, 0.29) is 23.5 Å². The van der Waals surface area contributed by atoms with Gasteiger partial charge in [0.15, 0.2) is 0 Å². The summed E-state index contributed by atoms with van der Waals surface area (Å²) in [4.78, 5) is 42.2. The molecule has 1 aromatic carbocycles. The smallest absolute Gasteiger partial charge is 0.408 e. The zero-order valence-electron chi connectivity index (χ0n) is 25.6. The molecule has 0 aromatic heterocycles. The normalized spacial score (nSPS) is 13.1. The molecule has 2 unspecified atom stereocenters. The molecular weight excluding hydrogens is 494 g/mol. The molecule has 39 heavy (non-hydrogen) atoms. The third-order valence-electron chi connectivity index (χ3n) is 6.57. The number of hydrogen-bond donors (Lipinski definition) is 3. The molecule has 0 aliphatic heterocycles. The molecule has 1 aromatic rings. The molecule has 0 saturated heterocycles. The number of nitrogens with zero attached hydrogens (tertiary/aromatic N) is 1. The first-order valence-corrected chi connectivity index (χ1v) is 14.7. The Bertz CT molecular complexity index is 910. The molecule has 0 aliphatic carbocycles. The van der Waals surface area contributed by atoms with Crippen molar-refractivity contribution in [2.24, 2.45) is 5.92 Å². The quantitative estimate of drug-likeness (QED) is 0.208. The van der Waals surface area contributed by atoms with E-state index in [1.165, 1.54) is 0 Å². The molecule has 222 valence electrons. The Hall–Kier alpha value is -2.77. The van der Waals surface area contributed by atoms with Gasteiger partial charge in [0, 0.05) is 13.1 Å². The second kappa shape index (κ2) is 17.0. The highest BCUT2D eigenvalue weighted by Crippen LogP contribution is 2.28. The van der Waals surface area contributed by atoms with Crippen molar-refractivity contribution >= 4 is 17.9 Å². The lowest BCUT2D eigenvalue weighted by Gasteiger charge is -2.36. The summed E-state index contributed by atoms with van der Waals surface area (Å²) in [5, 5.41) is 15.9. The molecule has 8 nitrogen and oxygen atoms in total. The number of carbonyl (C=O) groups excluding carboxylic acids is 3. The fourth-order valence-corrected chi connectivity index (χ4v) is 4.38. The Labute approximate surface area is 236 Å². The van der Waals surface area contributed by atoms with Crippen LogP contribution in [0.4, 0.5) is 4.79 Å². The van der Waals surface area contributed by atoms with E-state index >= 15 is 0 Å². The standard InChI is InChI=1S/C31H53N3O5/c1-9-11-13-14-16-20-34(29(37)26(22(3)4)33-30(38)39-31(6,7)8)27(28(36)32-19-15-12-10-2)24-17-18-25(35)23(5)21-24/h17-18,21-22,26-27,35H,9-16,19-20H2,1-8H3,(H,32,36)(H,33,38). The number of nitrogens with one attached hydrogen (secondary N) is 2. The zero-order valence-corrected chi connectivity index (χ0v) is 25.6. The maximum absolute atomic E-state index is 14.2. The van der Waals surface area contributed by atoms with Crippen LogP contribution in [0.1, 0.15) is 117 Å². The highest BCUT2D eigenvalue weighted by molar-refractivity contribution is 5.92. The number of carbonyl (C=O) groups is 3. The SMILES string of the molecule is CCCCCCCN(C(=O)C(NC(=O)OC(C)(C)C)C(C)C)C(C(=O)NCCCCC)c1ccc(O)c(C)c1. The fourth-order valence-electron chi connectivity index (χ4n) is 4.38. The Morgan fingerprint density at radius 2 is 1.59 bits per heavy atom. The highest BCUT2D eigenvalue weighted by atomic mass is 16.6. The van der Waals surface area contributed by atoms with E-state index in [4.69, 9.17) is 4.74 Å². The van der Waals surface area contributed by atoms with Crippen molar-refractivity contribution in [2.75, 3.05) is 13.1 Å². The van der Waals surface area contributed by atoms with Crippen LogP contribution >= 0.6 is 0 Å². The van der Waals surface area contributed by atoms with Gasteiger partial charge >= 0.3 is 6.09 Å². The molecule has 8 heteroatoms. The molecule has 0 aliphatic rings. The molecule has 3 amide bonds. The number of aromatic hydroxyl groups is 1. The first-order chi connectivity index (χ1) is 18.3. The number of hydrogen-bond acceptors (Lipinski definition) is 5. The van der Waals surface area contributed by atoms with Crippen molar-refractivity contribution in [2.45, 2.75) is 124 Å². The van der Waals surface area contributed by atoms with Crippen molar-refractivity contribution in [3.05, 3.63) is 29.3 Å². The average molecular weight is 548 g/mol. The van der Waals surface area contributed by atoms with E-state index in [0.717, 1.165) is 51.4 Å². The molecule has 0 saturated carbocycles. The van der Waals surface area contributed by atoms with E-state index in [2.05, 4.69) is 24.5 Å². The van der Waals surface area contributed by atoms with Crippen LogP contribution in [0.3, 0.4) is 0 Å². The monoisotopic (exact) mass is 547 g/mol. The molecule has 0 heterocycles. The van der Waals surface area contributed by atoms with Gasteiger partial charge in [0.05, 0.1) is 0 Å². The molecule has 3 N–H and O–H groups in total. The van der Waals surface area contributed by atoms with E-state index in [1.54, 1.807) is 50.8 Å². The Kier molecular flexibility index (Phi) is 15.0. The molecule has 0 spiro atoms. The summed E-state index contributed by atoms with van der Waals surface area (Å²) in [6.45, 7) is 16.0.